The molecule has 0 saturated heterocycles. The number of amides is 1. The first-order valence-corrected chi connectivity index (χ1v) is 10.4. The van der Waals surface area contributed by atoms with E-state index in [0.717, 1.165) is 24.5 Å². The second-order valence-electron chi connectivity index (χ2n) is 6.71. The van der Waals surface area contributed by atoms with E-state index in [0.29, 0.717) is 23.2 Å². The molecule has 0 aliphatic carbocycles. The standard InChI is InChI=1S/C20H26N6OS/c1-5-25(17-8-6-7-14(2)11-17)10-9-21-18(27)13-28-20-24-23-19-22-15(3)12-16(4)26(19)20/h6-8,11-12H,5,9-10,13H2,1-4H3,(H,21,27). The van der Waals surface area contributed by atoms with Crippen LogP contribution in [-0.2, 0) is 4.79 Å². The largest absolute Gasteiger partial charge is 0.370 e. The number of rotatable bonds is 8. The number of hydrogen-bond donors (Lipinski definition) is 1. The number of nitrogens with one attached hydrogen (secondary N) is 1. The van der Waals surface area contributed by atoms with Gasteiger partial charge in [0.25, 0.3) is 5.78 Å². The third kappa shape index (κ3) is 4.81. The van der Waals surface area contributed by atoms with Crippen molar-refractivity contribution in [1.29, 1.82) is 0 Å². The molecule has 1 aromatic carbocycles. The number of carbonyl (C=O) groups is 1. The van der Waals surface area contributed by atoms with E-state index in [1.54, 1.807) is 0 Å². The smallest absolute Gasteiger partial charge is 0.256 e. The van der Waals surface area contributed by atoms with Crippen LogP contribution in [0.2, 0.25) is 0 Å². The van der Waals surface area contributed by atoms with Gasteiger partial charge in [0.1, 0.15) is 0 Å². The molecule has 0 radical (unpaired) electrons. The highest BCUT2D eigenvalue weighted by Crippen LogP contribution is 2.18. The summed E-state index contributed by atoms with van der Waals surface area (Å²) in [7, 11) is 0. The van der Waals surface area contributed by atoms with E-state index < -0.39 is 0 Å². The summed E-state index contributed by atoms with van der Waals surface area (Å²) in [6.45, 7) is 10.4. The zero-order valence-electron chi connectivity index (χ0n) is 16.8. The maximum Gasteiger partial charge on any atom is 0.256 e. The maximum absolute atomic E-state index is 12.3. The van der Waals surface area contributed by atoms with E-state index in [-0.39, 0.29) is 5.91 Å². The Morgan fingerprint density at radius 3 is 2.79 bits per heavy atom. The molecule has 0 atom stereocenters. The summed E-state index contributed by atoms with van der Waals surface area (Å²) in [5.41, 5.74) is 4.32. The molecule has 1 N–H and O–H groups in total. The van der Waals surface area contributed by atoms with Crippen molar-refractivity contribution < 1.29 is 4.79 Å². The summed E-state index contributed by atoms with van der Waals surface area (Å²) in [6.07, 6.45) is 0. The molecular weight excluding hydrogens is 372 g/mol. The lowest BCUT2D eigenvalue weighted by molar-refractivity contribution is -0.118. The minimum atomic E-state index is -0.0141. The quantitative estimate of drug-likeness (QED) is 0.588. The fourth-order valence-electron chi connectivity index (χ4n) is 3.10. The van der Waals surface area contributed by atoms with Gasteiger partial charge in [-0.3, -0.25) is 9.20 Å². The molecule has 2 heterocycles. The Morgan fingerprint density at radius 1 is 1.21 bits per heavy atom. The summed E-state index contributed by atoms with van der Waals surface area (Å²) >= 11 is 1.37. The van der Waals surface area contributed by atoms with Crippen molar-refractivity contribution in [3.8, 4) is 0 Å². The van der Waals surface area contributed by atoms with Crippen molar-refractivity contribution in [2.24, 2.45) is 0 Å². The summed E-state index contributed by atoms with van der Waals surface area (Å²) in [5.74, 6) is 0.849. The number of aromatic nitrogens is 4. The Morgan fingerprint density at radius 2 is 2.04 bits per heavy atom. The highest BCUT2D eigenvalue weighted by molar-refractivity contribution is 7.99. The van der Waals surface area contributed by atoms with Gasteiger partial charge in [-0.2, -0.15) is 0 Å². The molecular formula is C20H26N6OS. The van der Waals surface area contributed by atoms with E-state index in [9.17, 15) is 4.79 Å². The maximum atomic E-state index is 12.3. The molecule has 3 rings (SSSR count). The Balaban J connectivity index is 1.51. The van der Waals surface area contributed by atoms with Crippen LogP contribution >= 0.6 is 11.8 Å². The topological polar surface area (TPSA) is 75.4 Å². The fraction of sp³-hybridized carbons (Fsp3) is 0.400. The van der Waals surface area contributed by atoms with Crippen LogP contribution in [-0.4, -0.2) is 50.9 Å². The van der Waals surface area contributed by atoms with Crippen LogP contribution in [0, 0.1) is 20.8 Å². The number of carbonyl (C=O) groups excluding carboxylic acids is 1. The average Bonchev–Trinajstić information content (AvgIpc) is 3.06. The predicted molar refractivity (Wildman–Crippen MR) is 113 cm³/mol. The molecule has 0 bridgehead atoms. The molecule has 0 spiro atoms. The van der Waals surface area contributed by atoms with Crippen molar-refractivity contribution in [3.05, 3.63) is 47.3 Å². The lowest BCUT2D eigenvalue weighted by atomic mass is 10.2. The number of fused-ring (bicyclic) bond motifs is 1. The zero-order valence-corrected chi connectivity index (χ0v) is 17.6. The van der Waals surface area contributed by atoms with Gasteiger partial charge in [0.15, 0.2) is 5.16 Å². The average molecular weight is 399 g/mol. The van der Waals surface area contributed by atoms with Gasteiger partial charge in [0.05, 0.1) is 5.75 Å². The van der Waals surface area contributed by atoms with Crippen LogP contribution < -0.4 is 10.2 Å². The van der Waals surface area contributed by atoms with Crippen molar-refractivity contribution >= 4 is 29.1 Å². The number of likely N-dealkylation sites (N-methyl/N-ethyl adjacent to an activating group) is 1. The molecule has 148 valence electrons. The van der Waals surface area contributed by atoms with Crippen LogP contribution in [0.25, 0.3) is 5.78 Å². The minimum absolute atomic E-state index is 0.0141. The number of benzene rings is 1. The zero-order chi connectivity index (χ0) is 20.1. The first-order valence-electron chi connectivity index (χ1n) is 9.38. The van der Waals surface area contributed by atoms with E-state index in [2.05, 4.69) is 63.5 Å². The highest BCUT2D eigenvalue weighted by atomic mass is 32.2. The third-order valence-electron chi connectivity index (χ3n) is 4.45. The van der Waals surface area contributed by atoms with Crippen molar-refractivity contribution in [1.82, 2.24) is 24.9 Å². The van der Waals surface area contributed by atoms with Crippen molar-refractivity contribution in [3.63, 3.8) is 0 Å². The first kappa shape index (κ1) is 20.1. The number of hydrogen-bond acceptors (Lipinski definition) is 6. The van der Waals surface area contributed by atoms with Crippen LogP contribution in [0.5, 0.6) is 0 Å². The van der Waals surface area contributed by atoms with Crippen LogP contribution in [0.1, 0.15) is 23.9 Å². The minimum Gasteiger partial charge on any atom is -0.370 e. The van der Waals surface area contributed by atoms with Gasteiger partial charge in [0, 0.05) is 36.7 Å². The second kappa shape index (κ2) is 9.05. The van der Waals surface area contributed by atoms with Gasteiger partial charge in [-0.05, 0) is 51.5 Å². The molecule has 7 nitrogen and oxygen atoms in total. The lowest BCUT2D eigenvalue weighted by Gasteiger charge is -2.23. The molecule has 3 aromatic rings. The monoisotopic (exact) mass is 398 g/mol. The molecule has 28 heavy (non-hydrogen) atoms. The second-order valence-corrected chi connectivity index (χ2v) is 7.66. The molecule has 1 amide bonds. The summed E-state index contributed by atoms with van der Waals surface area (Å²) in [6, 6.07) is 10.4. The van der Waals surface area contributed by atoms with Gasteiger partial charge < -0.3 is 10.2 Å². The number of aryl methyl sites for hydroxylation is 3. The molecule has 0 aliphatic heterocycles. The van der Waals surface area contributed by atoms with Crippen LogP contribution in [0.15, 0.2) is 35.5 Å². The highest BCUT2D eigenvalue weighted by Gasteiger charge is 2.12. The van der Waals surface area contributed by atoms with Gasteiger partial charge in [-0.15, -0.1) is 10.2 Å². The van der Waals surface area contributed by atoms with Gasteiger partial charge in [-0.25, -0.2) is 4.98 Å². The van der Waals surface area contributed by atoms with Gasteiger partial charge in [-0.1, -0.05) is 23.9 Å². The summed E-state index contributed by atoms with van der Waals surface area (Å²) in [4.78, 5) is 18.9. The molecule has 0 fully saturated rings. The van der Waals surface area contributed by atoms with E-state index in [1.807, 2.05) is 24.3 Å². The Labute approximate surface area is 169 Å². The van der Waals surface area contributed by atoms with E-state index in [1.165, 1.54) is 23.0 Å². The SMILES string of the molecule is CCN(CCNC(=O)CSc1nnc2nc(C)cc(C)n12)c1cccc(C)c1. The molecule has 2 aromatic heterocycles. The third-order valence-corrected chi connectivity index (χ3v) is 5.38. The van der Waals surface area contributed by atoms with Crippen LogP contribution in [0.4, 0.5) is 5.69 Å². The lowest BCUT2D eigenvalue weighted by Crippen LogP contribution is -2.35. The van der Waals surface area contributed by atoms with Gasteiger partial charge in [0.2, 0.25) is 5.91 Å². The Hall–Kier alpha value is -2.61. The number of nitrogens with zero attached hydrogens (tertiary/aromatic N) is 5. The Bertz CT molecular complexity index is 970. The molecule has 0 unspecified atom stereocenters. The summed E-state index contributed by atoms with van der Waals surface area (Å²) in [5, 5.41) is 11.9. The van der Waals surface area contributed by atoms with Gasteiger partial charge >= 0.3 is 0 Å². The number of anilines is 1. The molecule has 0 aliphatic rings. The van der Waals surface area contributed by atoms with Crippen molar-refractivity contribution in [2.75, 3.05) is 30.3 Å². The number of thioether (sulfide) groups is 1. The first-order chi connectivity index (χ1) is 13.5. The Kier molecular flexibility index (Phi) is 6.51. The molecule has 0 saturated carbocycles. The van der Waals surface area contributed by atoms with E-state index in [4.69, 9.17) is 0 Å². The van der Waals surface area contributed by atoms with Crippen molar-refractivity contribution in [2.45, 2.75) is 32.9 Å². The van der Waals surface area contributed by atoms with Crippen LogP contribution in [0.3, 0.4) is 0 Å². The fourth-order valence-corrected chi connectivity index (χ4v) is 3.92. The van der Waals surface area contributed by atoms with E-state index >= 15 is 0 Å². The summed E-state index contributed by atoms with van der Waals surface area (Å²) < 4.78 is 1.88. The normalized spacial score (nSPS) is 11.0. The molecule has 8 heteroatoms. The predicted octanol–water partition coefficient (Wildman–Crippen LogP) is 2.78.